The van der Waals surface area contributed by atoms with E-state index < -0.39 is 8.24 Å². The minimum Gasteiger partial charge on any atom is -0.332 e. The van der Waals surface area contributed by atoms with Crippen LogP contribution in [0.4, 0.5) is 0 Å². The Morgan fingerprint density at radius 2 is 1.72 bits per heavy atom. The third-order valence-corrected chi connectivity index (χ3v) is 9.88. The molecule has 1 unspecified atom stereocenters. The van der Waals surface area contributed by atoms with Gasteiger partial charge in [0.2, 0.25) is 0 Å². The van der Waals surface area contributed by atoms with Gasteiger partial charge in [-0.3, -0.25) is 0 Å². The van der Waals surface area contributed by atoms with E-state index in [1.165, 1.54) is 31.3 Å². The SMILES string of the molecule is CC1=Cc2ccc3sc4ccccc4c3c2C1[Si](C)(C)NC(C)(C)C. The summed E-state index contributed by atoms with van der Waals surface area (Å²) in [4.78, 5) is 4.02. The quantitative estimate of drug-likeness (QED) is 0.499. The van der Waals surface area contributed by atoms with Crippen molar-refractivity contribution in [2.24, 2.45) is 0 Å². The smallest absolute Gasteiger partial charge is 0.131 e. The molecule has 1 N–H and O–H groups in total. The van der Waals surface area contributed by atoms with E-state index in [0.717, 1.165) is 0 Å². The van der Waals surface area contributed by atoms with E-state index in [9.17, 15) is 0 Å². The second-order valence-electron chi connectivity index (χ2n) is 8.96. The van der Waals surface area contributed by atoms with Gasteiger partial charge in [0, 0.05) is 31.3 Å². The third kappa shape index (κ3) is 2.79. The van der Waals surface area contributed by atoms with Crippen molar-refractivity contribution in [2.75, 3.05) is 0 Å². The molecule has 0 saturated carbocycles. The lowest BCUT2D eigenvalue weighted by Gasteiger charge is -2.39. The van der Waals surface area contributed by atoms with E-state index in [0.29, 0.717) is 5.54 Å². The molecule has 1 aliphatic carbocycles. The molecule has 1 aliphatic rings. The molecule has 2 aromatic carbocycles. The van der Waals surface area contributed by atoms with Gasteiger partial charge in [0.15, 0.2) is 0 Å². The largest absolute Gasteiger partial charge is 0.332 e. The highest BCUT2D eigenvalue weighted by molar-refractivity contribution is 7.25. The van der Waals surface area contributed by atoms with Gasteiger partial charge < -0.3 is 4.98 Å². The molecule has 1 atom stereocenters. The zero-order chi connectivity index (χ0) is 18.0. The van der Waals surface area contributed by atoms with Crippen molar-refractivity contribution >= 4 is 45.8 Å². The molecule has 3 aromatic rings. The molecule has 130 valence electrons. The summed E-state index contributed by atoms with van der Waals surface area (Å²) in [6.07, 6.45) is 2.42. The minimum absolute atomic E-state index is 0.142. The van der Waals surface area contributed by atoms with Crippen LogP contribution in [0, 0.1) is 0 Å². The molecule has 0 radical (unpaired) electrons. The molecule has 0 bridgehead atoms. The number of nitrogens with one attached hydrogen (secondary N) is 1. The average molecular weight is 366 g/mol. The van der Waals surface area contributed by atoms with Gasteiger partial charge in [0.05, 0.1) is 0 Å². The van der Waals surface area contributed by atoms with Crippen molar-refractivity contribution in [1.82, 2.24) is 4.98 Å². The fourth-order valence-electron chi connectivity index (χ4n) is 4.82. The summed E-state index contributed by atoms with van der Waals surface area (Å²) in [6, 6.07) is 13.5. The molecule has 0 aliphatic heterocycles. The zero-order valence-electron chi connectivity index (χ0n) is 16.0. The maximum absolute atomic E-state index is 4.02. The van der Waals surface area contributed by atoms with Gasteiger partial charge in [-0.15, -0.1) is 11.3 Å². The number of hydrogen-bond donors (Lipinski definition) is 1. The van der Waals surface area contributed by atoms with E-state index in [1.54, 1.807) is 5.56 Å². The highest BCUT2D eigenvalue weighted by atomic mass is 32.1. The second kappa shape index (κ2) is 5.54. The molecule has 4 rings (SSSR count). The summed E-state index contributed by atoms with van der Waals surface area (Å²) in [5, 5.41) is 2.92. The first-order valence-corrected chi connectivity index (χ1v) is 13.0. The topological polar surface area (TPSA) is 12.0 Å². The van der Waals surface area contributed by atoms with Crippen LogP contribution in [0.25, 0.3) is 26.2 Å². The van der Waals surface area contributed by atoms with Crippen LogP contribution in [0.15, 0.2) is 42.0 Å². The molecular weight excluding hydrogens is 338 g/mol. The Morgan fingerprint density at radius 1 is 1.00 bits per heavy atom. The van der Waals surface area contributed by atoms with Gasteiger partial charge in [-0.25, -0.2) is 0 Å². The Kier molecular flexibility index (Phi) is 3.77. The van der Waals surface area contributed by atoms with Crippen LogP contribution in [0.5, 0.6) is 0 Å². The lowest BCUT2D eigenvalue weighted by atomic mass is 10.0. The number of fused-ring (bicyclic) bond motifs is 5. The standard InChI is InChI=1S/C22H27NSSi/c1-14-13-15-11-12-18-20(16-9-7-8-10-17(16)24-18)19(15)21(14)25(5,6)23-22(2,3)4/h7-13,21,23H,1-6H3. The fraction of sp³-hybridized carbons (Fsp3) is 0.364. The van der Waals surface area contributed by atoms with Gasteiger partial charge >= 0.3 is 0 Å². The van der Waals surface area contributed by atoms with Crippen molar-refractivity contribution in [3.63, 3.8) is 0 Å². The summed E-state index contributed by atoms with van der Waals surface area (Å²) in [7, 11) is -1.71. The number of thiophene rings is 1. The highest BCUT2D eigenvalue weighted by Gasteiger charge is 2.41. The van der Waals surface area contributed by atoms with Gasteiger partial charge in [-0.1, -0.05) is 49.0 Å². The normalized spacial score (nSPS) is 18.0. The monoisotopic (exact) mass is 365 g/mol. The Bertz CT molecular complexity index is 1000. The second-order valence-corrected chi connectivity index (χ2v) is 14.3. The van der Waals surface area contributed by atoms with E-state index in [4.69, 9.17) is 0 Å². The Hall–Kier alpha value is -1.42. The Morgan fingerprint density at radius 3 is 2.44 bits per heavy atom. The van der Waals surface area contributed by atoms with Crippen molar-refractivity contribution < 1.29 is 0 Å². The summed E-state index contributed by atoms with van der Waals surface area (Å²) in [5.41, 5.74) is 5.19. The maximum atomic E-state index is 4.02. The predicted octanol–water partition coefficient (Wildman–Crippen LogP) is 6.69. The fourth-order valence-corrected chi connectivity index (χ4v) is 10.3. The molecule has 1 heterocycles. The van der Waals surface area contributed by atoms with Crippen LogP contribution >= 0.6 is 11.3 Å². The molecule has 0 saturated heterocycles. The zero-order valence-corrected chi connectivity index (χ0v) is 17.8. The summed E-state index contributed by atoms with van der Waals surface area (Å²) in [5.74, 6) is 0. The summed E-state index contributed by atoms with van der Waals surface area (Å²) < 4.78 is 2.83. The summed E-state index contributed by atoms with van der Waals surface area (Å²) >= 11 is 1.93. The molecule has 25 heavy (non-hydrogen) atoms. The Labute approximate surface area is 155 Å². The number of rotatable bonds is 2. The lowest BCUT2D eigenvalue weighted by molar-refractivity contribution is 0.508. The van der Waals surface area contributed by atoms with Gasteiger partial charge in [0.25, 0.3) is 0 Å². The first-order chi connectivity index (χ1) is 11.7. The van der Waals surface area contributed by atoms with Gasteiger partial charge in [-0.05, 0) is 51.0 Å². The van der Waals surface area contributed by atoms with Crippen molar-refractivity contribution in [2.45, 2.75) is 51.9 Å². The number of hydrogen-bond acceptors (Lipinski definition) is 2. The van der Waals surface area contributed by atoms with Crippen molar-refractivity contribution in [3.05, 3.63) is 53.1 Å². The molecule has 3 heteroatoms. The lowest BCUT2D eigenvalue weighted by Crippen LogP contribution is -2.58. The predicted molar refractivity (Wildman–Crippen MR) is 116 cm³/mol. The van der Waals surface area contributed by atoms with Crippen LogP contribution in [0.3, 0.4) is 0 Å². The average Bonchev–Trinajstić information content (AvgIpc) is 3.00. The first-order valence-electron chi connectivity index (χ1n) is 9.09. The van der Waals surface area contributed by atoms with Crippen LogP contribution in [0.1, 0.15) is 44.4 Å². The van der Waals surface area contributed by atoms with E-state index >= 15 is 0 Å². The Balaban J connectivity index is 1.98. The van der Waals surface area contributed by atoms with Crippen LogP contribution in [0.2, 0.25) is 13.1 Å². The molecule has 0 amide bonds. The summed E-state index contributed by atoms with van der Waals surface area (Å²) in [6.45, 7) is 14.2. The van der Waals surface area contributed by atoms with Crippen LogP contribution in [-0.2, 0) is 0 Å². The maximum Gasteiger partial charge on any atom is 0.131 e. The van der Waals surface area contributed by atoms with Crippen molar-refractivity contribution in [1.29, 1.82) is 0 Å². The highest BCUT2D eigenvalue weighted by Crippen LogP contribution is 2.48. The molecular formula is C22H27NSSi. The van der Waals surface area contributed by atoms with Gasteiger partial charge in [-0.2, -0.15) is 0 Å². The van der Waals surface area contributed by atoms with Crippen LogP contribution < -0.4 is 4.98 Å². The number of benzene rings is 2. The third-order valence-electron chi connectivity index (χ3n) is 5.16. The first kappa shape index (κ1) is 17.0. The molecule has 0 spiro atoms. The molecule has 1 aromatic heterocycles. The molecule has 0 fully saturated rings. The minimum atomic E-state index is -1.71. The van der Waals surface area contributed by atoms with Gasteiger partial charge in [0.1, 0.15) is 8.24 Å². The molecule has 1 nitrogen and oxygen atoms in total. The van der Waals surface area contributed by atoms with Crippen LogP contribution in [-0.4, -0.2) is 13.8 Å². The van der Waals surface area contributed by atoms with E-state index in [2.05, 4.69) is 88.2 Å². The van der Waals surface area contributed by atoms with E-state index in [1.807, 2.05) is 11.3 Å². The van der Waals surface area contributed by atoms with Crippen molar-refractivity contribution in [3.8, 4) is 0 Å². The number of allylic oxidation sites excluding steroid dienone is 1. The van der Waals surface area contributed by atoms with E-state index in [-0.39, 0.29) is 5.54 Å².